The lowest BCUT2D eigenvalue weighted by Gasteiger charge is -2.26. The molecule has 1 atom stereocenters. The topological polar surface area (TPSA) is 40.5 Å². The Labute approximate surface area is 88.8 Å². The first kappa shape index (κ1) is 10.4. The Morgan fingerprint density at radius 1 is 1.73 bits per heavy atom. The molecule has 2 heterocycles. The third kappa shape index (κ3) is 1.96. The van der Waals surface area contributed by atoms with Crippen molar-refractivity contribution in [2.45, 2.75) is 18.6 Å². The molecule has 0 saturated carbocycles. The van der Waals surface area contributed by atoms with E-state index in [-0.39, 0.29) is 5.60 Å². The molecule has 1 aromatic rings. The summed E-state index contributed by atoms with van der Waals surface area (Å²) >= 11 is 0. The van der Waals surface area contributed by atoms with Crippen molar-refractivity contribution in [3.8, 4) is 0 Å². The predicted molar refractivity (Wildman–Crippen MR) is 55.0 cm³/mol. The number of nitrogens with zero attached hydrogens (tertiary/aromatic N) is 1. The van der Waals surface area contributed by atoms with E-state index in [1.165, 1.54) is 0 Å². The van der Waals surface area contributed by atoms with Crippen LogP contribution in [0.1, 0.15) is 16.9 Å². The van der Waals surface area contributed by atoms with E-state index in [4.69, 9.17) is 9.47 Å². The fourth-order valence-electron chi connectivity index (χ4n) is 1.93. The van der Waals surface area contributed by atoms with Gasteiger partial charge in [-0.2, -0.15) is 0 Å². The maximum Gasteiger partial charge on any atom is 0.166 e. The highest BCUT2D eigenvalue weighted by Gasteiger charge is 2.35. The Morgan fingerprint density at radius 3 is 3.20 bits per heavy atom. The Hall–Kier alpha value is -1.13. The van der Waals surface area contributed by atoms with Crippen LogP contribution >= 0.6 is 0 Å². The van der Waals surface area contributed by atoms with Crippen molar-refractivity contribution in [1.29, 1.82) is 0 Å². The van der Waals surface area contributed by atoms with Gasteiger partial charge in [-0.25, -0.2) is 0 Å². The van der Waals surface area contributed by atoms with Gasteiger partial charge < -0.3 is 14.0 Å². The molecule has 1 aliphatic heterocycles. The summed E-state index contributed by atoms with van der Waals surface area (Å²) < 4.78 is 12.8. The molecule has 0 bridgehead atoms. The minimum Gasteiger partial charge on any atom is -0.378 e. The monoisotopic (exact) mass is 209 g/mol. The van der Waals surface area contributed by atoms with E-state index < -0.39 is 0 Å². The van der Waals surface area contributed by atoms with Crippen LogP contribution in [0.4, 0.5) is 0 Å². The molecule has 0 spiro atoms. The van der Waals surface area contributed by atoms with Crippen LogP contribution in [0, 0.1) is 0 Å². The largest absolute Gasteiger partial charge is 0.378 e. The average Bonchev–Trinajstić information content (AvgIpc) is 2.88. The lowest BCUT2D eigenvalue weighted by Crippen LogP contribution is -2.37. The Balaban J connectivity index is 2.16. The van der Waals surface area contributed by atoms with Crippen LogP contribution in [0.15, 0.2) is 18.3 Å². The van der Waals surface area contributed by atoms with Gasteiger partial charge in [0.25, 0.3) is 0 Å². The number of aromatic nitrogens is 1. The molecule has 1 aliphatic rings. The van der Waals surface area contributed by atoms with Crippen molar-refractivity contribution in [3.05, 3.63) is 24.0 Å². The molecule has 1 aromatic heterocycles. The zero-order valence-electron chi connectivity index (χ0n) is 8.81. The molecule has 4 heteroatoms. The summed E-state index contributed by atoms with van der Waals surface area (Å²) in [4.78, 5) is 10.8. The molecule has 0 radical (unpaired) electrons. The molecule has 1 saturated heterocycles. The van der Waals surface area contributed by atoms with Crippen molar-refractivity contribution in [3.63, 3.8) is 0 Å². The van der Waals surface area contributed by atoms with Crippen molar-refractivity contribution >= 4 is 6.29 Å². The molecule has 82 valence electrons. The molecule has 0 aromatic carbocycles. The summed E-state index contributed by atoms with van der Waals surface area (Å²) in [7, 11) is 1.69. The second-order valence-electron chi connectivity index (χ2n) is 3.87. The second kappa shape index (κ2) is 4.16. The third-order valence-corrected chi connectivity index (χ3v) is 2.94. The molecule has 4 nitrogen and oxygen atoms in total. The number of ether oxygens (including phenoxy) is 2. The van der Waals surface area contributed by atoms with E-state index in [1.807, 2.05) is 16.8 Å². The van der Waals surface area contributed by atoms with E-state index >= 15 is 0 Å². The van der Waals surface area contributed by atoms with Gasteiger partial charge in [0.1, 0.15) is 5.60 Å². The Kier molecular flexibility index (Phi) is 2.88. The zero-order chi connectivity index (χ0) is 10.7. The molecule has 2 rings (SSSR count). The van der Waals surface area contributed by atoms with E-state index in [0.29, 0.717) is 18.8 Å². The van der Waals surface area contributed by atoms with E-state index in [9.17, 15) is 4.79 Å². The van der Waals surface area contributed by atoms with Gasteiger partial charge >= 0.3 is 0 Å². The van der Waals surface area contributed by atoms with Gasteiger partial charge in [-0.05, 0) is 12.1 Å². The van der Waals surface area contributed by atoms with Gasteiger partial charge in [0.05, 0.1) is 18.8 Å². The molecule has 1 unspecified atom stereocenters. The standard InChI is InChI=1S/C11H15NO3/c1-14-11(4-6-15-9-11)8-12-5-2-3-10(12)7-13/h2-3,5,7H,4,6,8-9H2,1H3. The summed E-state index contributed by atoms with van der Waals surface area (Å²) in [5, 5.41) is 0. The highest BCUT2D eigenvalue weighted by molar-refractivity contribution is 5.72. The zero-order valence-corrected chi connectivity index (χ0v) is 8.81. The summed E-state index contributed by atoms with van der Waals surface area (Å²) in [5.41, 5.74) is 0.412. The summed E-state index contributed by atoms with van der Waals surface area (Å²) in [5.74, 6) is 0. The first-order valence-corrected chi connectivity index (χ1v) is 5.03. The lowest BCUT2D eigenvalue weighted by molar-refractivity contribution is -0.0296. The quantitative estimate of drug-likeness (QED) is 0.697. The van der Waals surface area contributed by atoms with Gasteiger partial charge in [0.15, 0.2) is 6.29 Å². The number of carbonyl (C=O) groups excluding carboxylic acids is 1. The van der Waals surface area contributed by atoms with Crippen LogP contribution in [0.2, 0.25) is 0 Å². The number of aldehydes is 1. The fraction of sp³-hybridized carbons (Fsp3) is 0.545. The van der Waals surface area contributed by atoms with Gasteiger partial charge in [-0.1, -0.05) is 0 Å². The number of hydrogen-bond donors (Lipinski definition) is 0. The van der Waals surface area contributed by atoms with Crippen molar-refractivity contribution in [1.82, 2.24) is 4.57 Å². The van der Waals surface area contributed by atoms with Crippen molar-refractivity contribution in [2.75, 3.05) is 20.3 Å². The Bertz CT molecular complexity index is 339. The smallest absolute Gasteiger partial charge is 0.166 e. The number of carbonyl (C=O) groups is 1. The number of rotatable bonds is 4. The summed E-state index contributed by atoms with van der Waals surface area (Å²) in [6.45, 7) is 2.00. The van der Waals surface area contributed by atoms with Gasteiger partial charge in [0.2, 0.25) is 0 Å². The molecule has 1 fully saturated rings. The van der Waals surface area contributed by atoms with Crippen molar-refractivity contribution in [2.24, 2.45) is 0 Å². The number of methoxy groups -OCH3 is 1. The van der Waals surface area contributed by atoms with E-state index in [2.05, 4.69) is 0 Å². The van der Waals surface area contributed by atoms with Crippen LogP contribution in [0.3, 0.4) is 0 Å². The molecular weight excluding hydrogens is 194 g/mol. The minimum absolute atomic E-state index is 0.267. The molecule has 0 amide bonds. The van der Waals surface area contributed by atoms with Gasteiger partial charge in [0, 0.05) is 26.3 Å². The SMILES string of the molecule is COC1(Cn2cccc2C=O)CCOC1. The highest BCUT2D eigenvalue weighted by atomic mass is 16.5. The van der Waals surface area contributed by atoms with Gasteiger partial charge in [-0.15, -0.1) is 0 Å². The third-order valence-electron chi connectivity index (χ3n) is 2.94. The van der Waals surface area contributed by atoms with Crippen LogP contribution in [-0.2, 0) is 16.0 Å². The van der Waals surface area contributed by atoms with Crippen LogP contribution in [0.5, 0.6) is 0 Å². The van der Waals surface area contributed by atoms with E-state index in [1.54, 1.807) is 13.2 Å². The maximum atomic E-state index is 10.8. The minimum atomic E-state index is -0.267. The molecule has 0 N–H and O–H groups in total. The Morgan fingerprint density at radius 2 is 2.60 bits per heavy atom. The van der Waals surface area contributed by atoms with Crippen LogP contribution < -0.4 is 0 Å². The summed E-state index contributed by atoms with van der Waals surface area (Å²) in [6, 6.07) is 3.66. The van der Waals surface area contributed by atoms with E-state index in [0.717, 1.165) is 19.3 Å². The predicted octanol–water partition coefficient (Wildman–Crippen LogP) is 1.11. The second-order valence-corrected chi connectivity index (χ2v) is 3.87. The fourth-order valence-corrected chi connectivity index (χ4v) is 1.93. The highest BCUT2D eigenvalue weighted by Crippen LogP contribution is 2.25. The summed E-state index contributed by atoms with van der Waals surface area (Å²) in [6.07, 6.45) is 3.63. The lowest BCUT2D eigenvalue weighted by atomic mass is 10.0. The molecule has 15 heavy (non-hydrogen) atoms. The van der Waals surface area contributed by atoms with Crippen LogP contribution in [0.25, 0.3) is 0 Å². The maximum absolute atomic E-state index is 10.8. The molecule has 0 aliphatic carbocycles. The van der Waals surface area contributed by atoms with Gasteiger partial charge in [-0.3, -0.25) is 4.79 Å². The first-order valence-electron chi connectivity index (χ1n) is 5.03. The normalized spacial score (nSPS) is 25.7. The number of hydrogen-bond acceptors (Lipinski definition) is 3. The average molecular weight is 209 g/mol. The molecular formula is C11H15NO3. The van der Waals surface area contributed by atoms with Crippen LogP contribution in [-0.4, -0.2) is 36.8 Å². The van der Waals surface area contributed by atoms with Crippen molar-refractivity contribution < 1.29 is 14.3 Å². The first-order chi connectivity index (χ1) is 7.29.